The smallest absolute Gasteiger partial charge is 0.244 e. The fourth-order valence-electron chi connectivity index (χ4n) is 4.32. The number of sulfonamides is 1. The third-order valence-electron chi connectivity index (χ3n) is 6.41. The summed E-state index contributed by atoms with van der Waals surface area (Å²) in [6, 6.07) is 20.6. The quantitative estimate of drug-likeness (QED) is 0.257. The van der Waals surface area contributed by atoms with E-state index in [2.05, 4.69) is 5.32 Å². The first-order valence-corrected chi connectivity index (χ1v) is 15.7. The van der Waals surface area contributed by atoms with Crippen LogP contribution in [-0.2, 0) is 32.6 Å². The van der Waals surface area contributed by atoms with E-state index in [4.69, 9.17) is 23.2 Å². The first-order valence-electron chi connectivity index (χ1n) is 13.1. The molecule has 0 unspecified atom stereocenters. The Labute approximate surface area is 247 Å². The summed E-state index contributed by atoms with van der Waals surface area (Å²) in [6.07, 6.45) is 2.99. The van der Waals surface area contributed by atoms with E-state index < -0.39 is 28.5 Å². The maximum atomic E-state index is 14.1. The molecule has 0 bridgehead atoms. The molecule has 0 spiro atoms. The van der Waals surface area contributed by atoms with Crippen molar-refractivity contribution in [1.29, 1.82) is 0 Å². The lowest BCUT2D eigenvalue weighted by atomic mass is 10.0. The molecule has 0 saturated carbocycles. The number of anilines is 1. The Morgan fingerprint density at radius 1 is 0.925 bits per heavy atom. The molecule has 2 amide bonds. The Kier molecular flexibility index (Phi) is 11.4. The molecule has 10 heteroatoms. The molecule has 0 aliphatic carbocycles. The highest BCUT2D eigenvalue weighted by molar-refractivity contribution is 7.92. The molecule has 3 aromatic carbocycles. The van der Waals surface area contributed by atoms with Crippen LogP contribution in [0.3, 0.4) is 0 Å². The molecule has 3 aromatic rings. The number of carbonyl (C=O) groups excluding carboxylic acids is 2. The van der Waals surface area contributed by atoms with E-state index in [1.807, 2.05) is 68.4 Å². The van der Waals surface area contributed by atoms with Gasteiger partial charge in [0.05, 0.1) is 22.0 Å². The highest BCUT2D eigenvalue weighted by atomic mass is 35.5. The van der Waals surface area contributed by atoms with Gasteiger partial charge in [-0.3, -0.25) is 13.9 Å². The molecule has 40 heavy (non-hydrogen) atoms. The van der Waals surface area contributed by atoms with Gasteiger partial charge in [0.25, 0.3) is 0 Å². The number of carbonyl (C=O) groups is 2. The number of rotatable bonds is 13. The maximum Gasteiger partial charge on any atom is 0.244 e. The van der Waals surface area contributed by atoms with E-state index in [1.165, 1.54) is 23.1 Å². The molecule has 0 heterocycles. The number of hydrogen-bond donors (Lipinski definition) is 1. The van der Waals surface area contributed by atoms with Crippen molar-refractivity contribution in [2.75, 3.05) is 23.7 Å². The minimum atomic E-state index is -3.89. The van der Waals surface area contributed by atoms with Gasteiger partial charge in [-0.2, -0.15) is 0 Å². The Balaban J connectivity index is 2.04. The lowest BCUT2D eigenvalue weighted by Gasteiger charge is -2.33. The van der Waals surface area contributed by atoms with Crippen molar-refractivity contribution in [3.8, 4) is 0 Å². The van der Waals surface area contributed by atoms with Crippen LogP contribution in [0.15, 0.2) is 72.8 Å². The van der Waals surface area contributed by atoms with Gasteiger partial charge in [-0.05, 0) is 42.7 Å². The van der Waals surface area contributed by atoms with Crippen LogP contribution in [0.1, 0.15) is 36.5 Å². The molecule has 7 nitrogen and oxygen atoms in total. The van der Waals surface area contributed by atoms with Gasteiger partial charge in [0.2, 0.25) is 21.8 Å². The Hall–Kier alpha value is -3.07. The first kappa shape index (κ1) is 31.5. The van der Waals surface area contributed by atoms with Gasteiger partial charge in [-0.15, -0.1) is 0 Å². The number of nitrogens with one attached hydrogen (secondary N) is 1. The molecule has 0 fully saturated rings. The molecular weight excluding hydrogens is 569 g/mol. The summed E-state index contributed by atoms with van der Waals surface area (Å²) in [5, 5.41) is 3.39. The van der Waals surface area contributed by atoms with Crippen molar-refractivity contribution < 1.29 is 18.0 Å². The van der Waals surface area contributed by atoms with E-state index in [0.717, 1.165) is 40.1 Å². The maximum absolute atomic E-state index is 14.1. The number of aryl methyl sites for hydroxylation is 1. The van der Waals surface area contributed by atoms with Gasteiger partial charge in [-0.25, -0.2) is 8.42 Å². The number of halogens is 2. The zero-order valence-corrected chi connectivity index (χ0v) is 25.3. The van der Waals surface area contributed by atoms with Crippen LogP contribution in [0.2, 0.25) is 10.0 Å². The molecule has 0 aliphatic rings. The molecule has 3 rings (SSSR count). The molecule has 0 radical (unpaired) electrons. The number of hydrogen-bond acceptors (Lipinski definition) is 4. The highest BCUT2D eigenvalue weighted by Crippen LogP contribution is 2.29. The molecule has 214 valence electrons. The predicted molar refractivity (Wildman–Crippen MR) is 162 cm³/mol. The number of nitrogens with zero attached hydrogens (tertiary/aromatic N) is 2. The van der Waals surface area contributed by atoms with E-state index >= 15 is 0 Å². The van der Waals surface area contributed by atoms with Crippen LogP contribution in [-0.4, -0.2) is 50.5 Å². The topological polar surface area (TPSA) is 86.8 Å². The third kappa shape index (κ3) is 8.98. The van der Waals surface area contributed by atoms with E-state index in [0.29, 0.717) is 6.54 Å². The van der Waals surface area contributed by atoms with Crippen molar-refractivity contribution in [3.63, 3.8) is 0 Å². The van der Waals surface area contributed by atoms with Crippen molar-refractivity contribution >= 4 is 50.7 Å². The summed E-state index contributed by atoms with van der Waals surface area (Å²) >= 11 is 12.2. The minimum Gasteiger partial charge on any atom is -0.354 e. The lowest BCUT2D eigenvalue weighted by Crippen LogP contribution is -2.53. The number of amides is 2. The van der Waals surface area contributed by atoms with Crippen molar-refractivity contribution in [1.82, 2.24) is 10.2 Å². The minimum absolute atomic E-state index is 0.123. The average molecular weight is 605 g/mol. The SMILES string of the molecule is CCCCNC(=O)[C@H](Cc1ccccc1)N(Cc1cccc(C)c1)C(=O)CN(c1ccc(Cl)c(Cl)c1)S(C)(=O)=O. The van der Waals surface area contributed by atoms with Gasteiger partial charge in [0.1, 0.15) is 12.6 Å². The summed E-state index contributed by atoms with van der Waals surface area (Å²) in [5.74, 6) is -0.816. The summed E-state index contributed by atoms with van der Waals surface area (Å²) < 4.78 is 26.7. The molecule has 1 N–H and O–H groups in total. The van der Waals surface area contributed by atoms with Crippen LogP contribution in [0, 0.1) is 6.92 Å². The van der Waals surface area contributed by atoms with Crippen LogP contribution >= 0.6 is 23.2 Å². The zero-order chi connectivity index (χ0) is 29.3. The molecule has 0 aliphatic heterocycles. The number of benzene rings is 3. The standard InChI is InChI=1S/C30H35Cl2N3O4S/c1-4-5-16-33-30(37)28(18-23-11-7-6-8-12-23)34(20-24-13-9-10-22(2)17-24)29(36)21-35(40(3,38)39)25-14-15-26(31)27(32)19-25/h6-15,17,19,28H,4-5,16,18,20-21H2,1-3H3,(H,33,37)/t28-/m0/s1. The van der Waals surface area contributed by atoms with Crippen LogP contribution in [0.5, 0.6) is 0 Å². The molecule has 0 saturated heterocycles. The zero-order valence-electron chi connectivity index (χ0n) is 22.9. The monoisotopic (exact) mass is 603 g/mol. The molecule has 0 aromatic heterocycles. The summed E-state index contributed by atoms with van der Waals surface area (Å²) in [5.41, 5.74) is 2.91. The summed E-state index contributed by atoms with van der Waals surface area (Å²) in [6.45, 7) is 4.06. The Morgan fingerprint density at radius 3 is 2.25 bits per heavy atom. The van der Waals surface area contributed by atoms with Gasteiger partial charge >= 0.3 is 0 Å². The molecular formula is C30H35Cl2N3O4S. The Morgan fingerprint density at radius 2 is 1.62 bits per heavy atom. The largest absolute Gasteiger partial charge is 0.354 e. The summed E-state index contributed by atoms with van der Waals surface area (Å²) in [4.78, 5) is 29.1. The molecule has 1 atom stereocenters. The fraction of sp³-hybridized carbons (Fsp3) is 0.333. The van der Waals surface area contributed by atoms with Crippen molar-refractivity contribution in [2.24, 2.45) is 0 Å². The first-order chi connectivity index (χ1) is 19.0. The second kappa shape index (κ2) is 14.5. The van der Waals surface area contributed by atoms with Gasteiger partial charge in [0, 0.05) is 19.5 Å². The normalized spacial score (nSPS) is 12.0. The summed E-state index contributed by atoms with van der Waals surface area (Å²) in [7, 11) is -3.89. The highest BCUT2D eigenvalue weighted by Gasteiger charge is 2.33. The van der Waals surface area contributed by atoms with Crippen LogP contribution in [0.25, 0.3) is 0 Å². The van der Waals surface area contributed by atoms with Gasteiger partial charge in [-0.1, -0.05) is 96.7 Å². The number of unbranched alkanes of at least 4 members (excludes halogenated alkanes) is 1. The van der Waals surface area contributed by atoms with E-state index in [9.17, 15) is 18.0 Å². The second-order valence-electron chi connectivity index (χ2n) is 9.73. The fourth-order valence-corrected chi connectivity index (χ4v) is 5.45. The van der Waals surface area contributed by atoms with E-state index in [1.54, 1.807) is 0 Å². The third-order valence-corrected chi connectivity index (χ3v) is 8.29. The van der Waals surface area contributed by atoms with Crippen LogP contribution < -0.4 is 9.62 Å². The predicted octanol–water partition coefficient (Wildman–Crippen LogP) is 5.62. The van der Waals surface area contributed by atoms with Crippen molar-refractivity contribution in [2.45, 2.75) is 45.7 Å². The van der Waals surface area contributed by atoms with Crippen molar-refractivity contribution in [3.05, 3.63) is 99.5 Å². The van der Waals surface area contributed by atoms with Crippen LogP contribution in [0.4, 0.5) is 5.69 Å². The average Bonchev–Trinajstić information content (AvgIpc) is 2.91. The Bertz CT molecular complexity index is 1420. The van der Waals surface area contributed by atoms with E-state index in [-0.39, 0.29) is 34.6 Å². The van der Waals surface area contributed by atoms with Gasteiger partial charge < -0.3 is 10.2 Å². The van der Waals surface area contributed by atoms with Gasteiger partial charge in [0.15, 0.2) is 0 Å². The lowest BCUT2D eigenvalue weighted by molar-refractivity contribution is -0.140. The second-order valence-corrected chi connectivity index (χ2v) is 12.5.